The molecule has 0 aromatic heterocycles. The maximum Gasteiger partial charge on any atom is 0.262 e. The number of benzene rings is 3. The number of carbonyl (C=O) groups is 2. The predicted octanol–water partition coefficient (Wildman–Crippen LogP) is 4.51. The Labute approximate surface area is 201 Å². The summed E-state index contributed by atoms with van der Waals surface area (Å²) in [6.07, 6.45) is 1.45. The number of ether oxygens (including phenoxy) is 2. The third kappa shape index (κ3) is 7.31. The number of rotatable bonds is 9. The van der Waals surface area contributed by atoms with Crippen LogP contribution in [0.5, 0.6) is 11.5 Å². The average molecular weight is 484 g/mol. The van der Waals surface area contributed by atoms with Gasteiger partial charge in [0, 0.05) is 5.69 Å². The molecule has 3 aromatic carbocycles. The van der Waals surface area contributed by atoms with Gasteiger partial charge in [0.25, 0.3) is 5.91 Å². The smallest absolute Gasteiger partial charge is 0.262 e. The van der Waals surface area contributed by atoms with Crippen LogP contribution < -0.4 is 20.2 Å². The van der Waals surface area contributed by atoms with Crippen LogP contribution in [-0.2, 0) is 16.0 Å². The quantitative estimate of drug-likeness (QED) is 0.346. The number of carbonyl (C=O) groups excluding carboxylic acids is 2. The van der Waals surface area contributed by atoms with Gasteiger partial charge < -0.3 is 14.8 Å². The van der Waals surface area contributed by atoms with E-state index in [1.165, 1.54) is 37.6 Å². The van der Waals surface area contributed by atoms with E-state index in [-0.39, 0.29) is 41.4 Å². The van der Waals surface area contributed by atoms with Crippen LogP contribution in [-0.4, -0.2) is 31.7 Å². The van der Waals surface area contributed by atoms with Crippen molar-refractivity contribution in [3.8, 4) is 11.5 Å². The summed E-state index contributed by atoms with van der Waals surface area (Å²) >= 11 is 6.32. The van der Waals surface area contributed by atoms with Gasteiger partial charge in [-0.1, -0.05) is 41.4 Å². The SMILES string of the molecule is COc1cc(/C=N/NC(=O)Cc2ccc(F)cc2)cc(Cl)c1OCC(=O)Nc1ccc(C)cc1. The van der Waals surface area contributed by atoms with E-state index in [0.717, 1.165) is 5.56 Å². The molecular weight excluding hydrogens is 461 g/mol. The Hall–Kier alpha value is -3.91. The number of amides is 2. The van der Waals surface area contributed by atoms with E-state index in [1.807, 2.05) is 19.1 Å². The summed E-state index contributed by atoms with van der Waals surface area (Å²) in [5, 5.41) is 6.86. The number of anilines is 1. The normalized spacial score (nSPS) is 10.7. The second-order valence-corrected chi connectivity index (χ2v) is 7.74. The first kappa shape index (κ1) is 24.7. The lowest BCUT2D eigenvalue weighted by Crippen LogP contribution is -2.20. The fraction of sp³-hybridized carbons (Fsp3) is 0.160. The van der Waals surface area contributed by atoms with Crippen molar-refractivity contribution in [1.82, 2.24) is 5.43 Å². The van der Waals surface area contributed by atoms with E-state index in [9.17, 15) is 14.0 Å². The molecule has 9 heteroatoms. The minimum atomic E-state index is -0.368. The first-order valence-corrected chi connectivity index (χ1v) is 10.6. The molecule has 2 N–H and O–H groups in total. The number of hydrazone groups is 1. The van der Waals surface area contributed by atoms with E-state index >= 15 is 0 Å². The molecule has 0 bridgehead atoms. The summed E-state index contributed by atoms with van der Waals surface area (Å²) in [7, 11) is 1.44. The number of methoxy groups -OCH3 is 1. The van der Waals surface area contributed by atoms with Crippen LogP contribution in [0.15, 0.2) is 65.8 Å². The molecule has 0 fully saturated rings. The highest BCUT2D eigenvalue weighted by molar-refractivity contribution is 6.32. The van der Waals surface area contributed by atoms with Crippen molar-refractivity contribution >= 4 is 35.3 Å². The number of nitrogens with one attached hydrogen (secondary N) is 2. The molecule has 0 saturated carbocycles. The monoisotopic (exact) mass is 483 g/mol. The van der Waals surface area contributed by atoms with Crippen molar-refractivity contribution in [1.29, 1.82) is 0 Å². The maximum atomic E-state index is 13.0. The third-order valence-corrected chi connectivity index (χ3v) is 4.90. The molecule has 0 heterocycles. The Balaban J connectivity index is 1.57. The van der Waals surface area contributed by atoms with Crippen LogP contribution in [0, 0.1) is 12.7 Å². The van der Waals surface area contributed by atoms with Crippen LogP contribution in [0.1, 0.15) is 16.7 Å². The van der Waals surface area contributed by atoms with Gasteiger partial charge >= 0.3 is 0 Å². The summed E-state index contributed by atoms with van der Waals surface area (Å²) in [6.45, 7) is 1.69. The Bertz CT molecular complexity index is 1180. The van der Waals surface area contributed by atoms with Gasteiger partial charge in [0.15, 0.2) is 18.1 Å². The molecule has 3 rings (SSSR count). The molecule has 0 unspecified atom stereocenters. The third-order valence-electron chi connectivity index (χ3n) is 4.62. The summed E-state index contributed by atoms with van der Waals surface area (Å²) in [4.78, 5) is 24.2. The lowest BCUT2D eigenvalue weighted by molar-refractivity contribution is -0.120. The second kappa shape index (κ2) is 11.8. The Morgan fingerprint density at radius 1 is 1.06 bits per heavy atom. The molecular formula is C25H23ClFN3O4. The molecule has 176 valence electrons. The fourth-order valence-electron chi connectivity index (χ4n) is 2.93. The van der Waals surface area contributed by atoms with Gasteiger partial charge in [-0.25, -0.2) is 9.82 Å². The second-order valence-electron chi connectivity index (χ2n) is 7.33. The van der Waals surface area contributed by atoms with E-state index in [0.29, 0.717) is 22.6 Å². The summed E-state index contributed by atoms with van der Waals surface area (Å²) < 4.78 is 23.9. The summed E-state index contributed by atoms with van der Waals surface area (Å²) in [5.74, 6) is -0.570. The minimum Gasteiger partial charge on any atom is -0.493 e. The molecule has 34 heavy (non-hydrogen) atoms. The molecule has 2 amide bonds. The van der Waals surface area contributed by atoms with Crippen molar-refractivity contribution in [3.63, 3.8) is 0 Å². The van der Waals surface area contributed by atoms with E-state index in [4.69, 9.17) is 21.1 Å². The van der Waals surface area contributed by atoms with Gasteiger partial charge in [-0.15, -0.1) is 0 Å². The first-order chi connectivity index (χ1) is 16.3. The van der Waals surface area contributed by atoms with Crippen molar-refractivity contribution in [2.75, 3.05) is 19.0 Å². The standard InChI is InChI=1S/C25H23ClFN3O4/c1-16-3-9-20(10-4-16)29-24(32)15-34-25-21(26)11-18(12-22(25)33-2)14-28-30-23(31)13-17-5-7-19(27)8-6-17/h3-12,14H,13,15H2,1-2H3,(H,29,32)(H,30,31)/b28-14+. The zero-order chi connectivity index (χ0) is 24.5. The highest BCUT2D eigenvalue weighted by atomic mass is 35.5. The Kier molecular flexibility index (Phi) is 8.59. The van der Waals surface area contributed by atoms with Crippen LogP contribution in [0.3, 0.4) is 0 Å². The Morgan fingerprint density at radius 3 is 2.44 bits per heavy atom. The van der Waals surface area contributed by atoms with Crippen LogP contribution in [0.25, 0.3) is 0 Å². The topological polar surface area (TPSA) is 89.0 Å². The fourth-order valence-corrected chi connectivity index (χ4v) is 3.21. The molecule has 0 aliphatic rings. The molecule has 3 aromatic rings. The molecule has 7 nitrogen and oxygen atoms in total. The molecule has 0 saturated heterocycles. The minimum absolute atomic E-state index is 0.0547. The first-order valence-electron chi connectivity index (χ1n) is 10.3. The van der Waals surface area contributed by atoms with Crippen molar-refractivity contribution in [3.05, 3.63) is 88.2 Å². The number of halogens is 2. The highest BCUT2D eigenvalue weighted by Gasteiger charge is 2.14. The zero-order valence-electron chi connectivity index (χ0n) is 18.6. The Morgan fingerprint density at radius 2 is 1.76 bits per heavy atom. The number of hydrogen-bond donors (Lipinski definition) is 2. The summed E-state index contributed by atoms with van der Waals surface area (Å²) in [5.41, 5.74) is 5.34. The number of hydrogen-bond acceptors (Lipinski definition) is 5. The maximum absolute atomic E-state index is 13.0. The lowest BCUT2D eigenvalue weighted by Gasteiger charge is -2.13. The van der Waals surface area contributed by atoms with Gasteiger partial charge in [-0.2, -0.15) is 5.10 Å². The van der Waals surface area contributed by atoms with Crippen molar-refractivity contribution in [2.45, 2.75) is 13.3 Å². The van der Waals surface area contributed by atoms with Gasteiger partial charge in [0.2, 0.25) is 5.91 Å². The predicted molar refractivity (Wildman–Crippen MR) is 129 cm³/mol. The van der Waals surface area contributed by atoms with Crippen LogP contribution in [0.2, 0.25) is 5.02 Å². The van der Waals surface area contributed by atoms with E-state index in [1.54, 1.807) is 24.3 Å². The number of nitrogens with zero attached hydrogens (tertiary/aromatic N) is 1. The van der Waals surface area contributed by atoms with E-state index < -0.39 is 0 Å². The molecule has 0 aliphatic heterocycles. The van der Waals surface area contributed by atoms with Crippen molar-refractivity contribution in [2.24, 2.45) is 5.10 Å². The largest absolute Gasteiger partial charge is 0.493 e. The van der Waals surface area contributed by atoms with E-state index in [2.05, 4.69) is 15.8 Å². The van der Waals surface area contributed by atoms with Gasteiger partial charge in [0.1, 0.15) is 5.82 Å². The van der Waals surface area contributed by atoms with Gasteiger partial charge in [-0.05, 0) is 54.4 Å². The van der Waals surface area contributed by atoms with Crippen LogP contribution in [0.4, 0.5) is 10.1 Å². The molecule has 0 atom stereocenters. The zero-order valence-corrected chi connectivity index (χ0v) is 19.4. The molecule has 0 radical (unpaired) electrons. The van der Waals surface area contributed by atoms with Crippen molar-refractivity contribution < 1.29 is 23.5 Å². The average Bonchev–Trinajstić information content (AvgIpc) is 2.81. The highest BCUT2D eigenvalue weighted by Crippen LogP contribution is 2.36. The summed E-state index contributed by atoms with van der Waals surface area (Å²) in [6, 6.07) is 16.2. The van der Waals surface area contributed by atoms with Gasteiger partial charge in [0.05, 0.1) is 24.8 Å². The van der Waals surface area contributed by atoms with Gasteiger partial charge in [-0.3, -0.25) is 9.59 Å². The van der Waals surface area contributed by atoms with Crippen LogP contribution >= 0.6 is 11.6 Å². The molecule has 0 aliphatic carbocycles. The lowest BCUT2D eigenvalue weighted by atomic mass is 10.1. The number of aryl methyl sites for hydroxylation is 1. The molecule has 0 spiro atoms.